The molecule has 4 heteroatoms. The van der Waals surface area contributed by atoms with Crippen LogP contribution in [0, 0.1) is 0 Å². The van der Waals surface area contributed by atoms with Gasteiger partial charge in [-0.1, -0.05) is 18.0 Å². The van der Waals surface area contributed by atoms with Crippen LogP contribution in [0.1, 0.15) is 55.3 Å². The molecule has 2 saturated carbocycles. The van der Waals surface area contributed by atoms with E-state index in [2.05, 4.69) is 16.1 Å². The maximum atomic E-state index is 6.27. The first-order valence-corrected chi connectivity index (χ1v) is 6.75. The quantitative estimate of drug-likeness (QED) is 0.760. The Hall–Kier alpha value is -1.09. The molecule has 4 rings (SSSR count). The summed E-state index contributed by atoms with van der Waals surface area (Å²) in [5.41, 5.74) is 2.25. The van der Waals surface area contributed by atoms with E-state index in [-0.39, 0.29) is 0 Å². The standard InChI is InChI=1S/C13H14ClN3/c14-11-6-10(8-4-5-8)7-12-15-13(16-17(11)12)9-2-1-3-9/h6-9H,1-5H2. The lowest BCUT2D eigenvalue weighted by molar-refractivity contribution is 0.402. The van der Waals surface area contributed by atoms with Crippen molar-refractivity contribution in [2.24, 2.45) is 0 Å². The van der Waals surface area contributed by atoms with E-state index >= 15 is 0 Å². The highest BCUT2D eigenvalue weighted by atomic mass is 35.5. The highest BCUT2D eigenvalue weighted by Gasteiger charge is 2.27. The Morgan fingerprint density at radius 3 is 2.59 bits per heavy atom. The predicted octanol–water partition coefficient (Wildman–Crippen LogP) is 3.53. The molecular weight excluding hydrogens is 234 g/mol. The molecule has 0 aliphatic heterocycles. The maximum Gasteiger partial charge on any atom is 0.157 e. The average molecular weight is 248 g/mol. The zero-order valence-electron chi connectivity index (χ0n) is 9.56. The molecule has 0 radical (unpaired) electrons. The minimum absolute atomic E-state index is 0.565. The molecule has 0 aromatic carbocycles. The molecule has 0 saturated heterocycles. The maximum absolute atomic E-state index is 6.27. The lowest BCUT2D eigenvalue weighted by Crippen LogP contribution is -2.10. The summed E-state index contributed by atoms with van der Waals surface area (Å²) in [7, 11) is 0. The van der Waals surface area contributed by atoms with Crippen molar-refractivity contribution in [3.05, 3.63) is 28.7 Å². The summed E-state index contributed by atoms with van der Waals surface area (Å²) in [6.07, 6.45) is 6.33. The molecule has 17 heavy (non-hydrogen) atoms. The summed E-state index contributed by atoms with van der Waals surface area (Å²) in [5, 5.41) is 5.23. The highest BCUT2D eigenvalue weighted by molar-refractivity contribution is 6.29. The van der Waals surface area contributed by atoms with Crippen molar-refractivity contribution >= 4 is 17.2 Å². The first-order chi connectivity index (χ1) is 8.31. The van der Waals surface area contributed by atoms with Gasteiger partial charge in [-0.15, -0.1) is 5.10 Å². The fourth-order valence-corrected chi connectivity index (χ4v) is 2.72. The van der Waals surface area contributed by atoms with Gasteiger partial charge in [0.05, 0.1) is 0 Å². The number of fused-ring (bicyclic) bond motifs is 1. The number of hydrogen-bond acceptors (Lipinski definition) is 2. The first-order valence-electron chi connectivity index (χ1n) is 6.37. The van der Waals surface area contributed by atoms with Gasteiger partial charge < -0.3 is 0 Å². The van der Waals surface area contributed by atoms with E-state index in [0.29, 0.717) is 17.0 Å². The zero-order valence-corrected chi connectivity index (χ0v) is 10.3. The molecular formula is C13H14ClN3. The van der Waals surface area contributed by atoms with Crippen LogP contribution in [0.3, 0.4) is 0 Å². The minimum atomic E-state index is 0.565. The molecule has 2 heterocycles. The third kappa shape index (κ3) is 1.56. The van der Waals surface area contributed by atoms with Crippen LogP contribution in [0.15, 0.2) is 12.1 Å². The number of hydrogen-bond donors (Lipinski definition) is 0. The summed E-state index contributed by atoms with van der Waals surface area (Å²) in [5.74, 6) is 2.25. The van der Waals surface area contributed by atoms with Crippen LogP contribution < -0.4 is 0 Å². The second-order valence-corrected chi connectivity index (χ2v) is 5.64. The van der Waals surface area contributed by atoms with Crippen molar-refractivity contribution in [1.82, 2.24) is 14.6 Å². The summed E-state index contributed by atoms with van der Waals surface area (Å²) < 4.78 is 1.78. The Balaban J connectivity index is 1.84. The summed E-state index contributed by atoms with van der Waals surface area (Å²) in [6, 6.07) is 4.20. The van der Waals surface area contributed by atoms with Crippen molar-refractivity contribution in [2.75, 3.05) is 0 Å². The van der Waals surface area contributed by atoms with Crippen molar-refractivity contribution < 1.29 is 0 Å². The molecule has 0 amide bonds. The third-order valence-corrected chi connectivity index (χ3v) is 4.22. The van der Waals surface area contributed by atoms with Gasteiger partial charge in [-0.2, -0.15) is 0 Å². The van der Waals surface area contributed by atoms with E-state index < -0.39 is 0 Å². The van der Waals surface area contributed by atoms with Crippen molar-refractivity contribution in [2.45, 2.75) is 43.9 Å². The van der Waals surface area contributed by atoms with Crippen LogP contribution in [0.4, 0.5) is 0 Å². The van der Waals surface area contributed by atoms with Gasteiger partial charge in [0, 0.05) is 5.92 Å². The van der Waals surface area contributed by atoms with Crippen LogP contribution in [-0.2, 0) is 0 Å². The smallest absolute Gasteiger partial charge is 0.157 e. The molecule has 0 atom stereocenters. The molecule has 2 fully saturated rings. The number of nitrogens with zero attached hydrogens (tertiary/aromatic N) is 3. The SMILES string of the molecule is Clc1cc(C2CC2)cc2nc(C3CCC3)nn12. The highest BCUT2D eigenvalue weighted by Crippen LogP contribution is 2.41. The first kappa shape index (κ1) is 9.89. The van der Waals surface area contributed by atoms with Gasteiger partial charge in [-0.3, -0.25) is 0 Å². The van der Waals surface area contributed by atoms with Crippen molar-refractivity contribution in [3.8, 4) is 0 Å². The molecule has 2 aliphatic rings. The summed E-state index contributed by atoms with van der Waals surface area (Å²) >= 11 is 6.27. The fourth-order valence-electron chi connectivity index (χ4n) is 2.47. The number of pyridine rings is 1. The monoisotopic (exact) mass is 247 g/mol. The lowest BCUT2D eigenvalue weighted by Gasteiger charge is -2.21. The van der Waals surface area contributed by atoms with E-state index in [4.69, 9.17) is 11.6 Å². The Kier molecular flexibility index (Phi) is 2.01. The van der Waals surface area contributed by atoms with Gasteiger partial charge in [0.1, 0.15) is 5.15 Å². The van der Waals surface area contributed by atoms with Crippen molar-refractivity contribution in [1.29, 1.82) is 0 Å². The van der Waals surface area contributed by atoms with E-state index in [1.165, 1.54) is 37.7 Å². The number of aromatic nitrogens is 3. The molecule has 88 valence electrons. The van der Waals surface area contributed by atoms with Crippen molar-refractivity contribution in [3.63, 3.8) is 0 Å². The van der Waals surface area contributed by atoms with E-state index in [1.54, 1.807) is 4.52 Å². The molecule has 0 N–H and O–H groups in total. The van der Waals surface area contributed by atoms with Gasteiger partial charge in [0.25, 0.3) is 0 Å². The number of rotatable bonds is 2. The molecule has 0 unspecified atom stereocenters. The second-order valence-electron chi connectivity index (χ2n) is 5.25. The Bertz CT molecular complexity index is 582. The van der Waals surface area contributed by atoms with Gasteiger partial charge in [-0.25, -0.2) is 9.50 Å². The predicted molar refractivity (Wildman–Crippen MR) is 66.6 cm³/mol. The van der Waals surface area contributed by atoms with Crippen LogP contribution in [0.25, 0.3) is 5.65 Å². The molecule has 2 aromatic heterocycles. The van der Waals surface area contributed by atoms with E-state index in [1.807, 2.05) is 6.07 Å². The van der Waals surface area contributed by atoms with Gasteiger partial charge in [0.2, 0.25) is 0 Å². The van der Waals surface area contributed by atoms with Crippen LogP contribution >= 0.6 is 11.6 Å². The Labute approximate surface area is 105 Å². The molecule has 3 nitrogen and oxygen atoms in total. The second kappa shape index (κ2) is 3.45. The zero-order chi connectivity index (χ0) is 11.4. The third-order valence-electron chi connectivity index (χ3n) is 3.95. The topological polar surface area (TPSA) is 30.2 Å². The Morgan fingerprint density at radius 2 is 1.94 bits per heavy atom. The largest absolute Gasteiger partial charge is 0.212 e. The van der Waals surface area contributed by atoms with Crippen LogP contribution in [-0.4, -0.2) is 14.6 Å². The summed E-state index contributed by atoms with van der Waals surface area (Å²) in [4.78, 5) is 4.63. The van der Waals surface area contributed by atoms with Crippen LogP contribution in [0.5, 0.6) is 0 Å². The number of halogens is 1. The van der Waals surface area contributed by atoms with Crippen LogP contribution in [0.2, 0.25) is 5.15 Å². The van der Waals surface area contributed by atoms with E-state index in [9.17, 15) is 0 Å². The van der Waals surface area contributed by atoms with Gasteiger partial charge in [0.15, 0.2) is 11.5 Å². The fraction of sp³-hybridized carbons (Fsp3) is 0.538. The Morgan fingerprint density at radius 1 is 1.12 bits per heavy atom. The normalized spacial score (nSPS) is 20.8. The van der Waals surface area contributed by atoms with Gasteiger partial charge >= 0.3 is 0 Å². The lowest BCUT2D eigenvalue weighted by atomic mass is 9.85. The molecule has 2 aromatic rings. The molecule has 0 spiro atoms. The van der Waals surface area contributed by atoms with Gasteiger partial charge in [-0.05, 0) is 49.3 Å². The minimum Gasteiger partial charge on any atom is -0.212 e. The summed E-state index contributed by atoms with van der Waals surface area (Å²) in [6.45, 7) is 0. The average Bonchev–Trinajstić information content (AvgIpc) is 2.98. The molecule has 2 aliphatic carbocycles. The molecule has 0 bridgehead atoms. The van der Waals surface area contributed by atoms with E-state index in [0.717, 1.165) is 11.5 Å².